The summed E-state index contributed by atoms with van der Waals surface area (Å²) >= 11 is 7.85. The molecule has 9 rings (SSSR count). The summed E-state index contributed by atoms with van der Waals surface area (Å²) in [6, 6.07) is 9.64. The molecule has 5 aliphatic rings. The lowest BCUT2D eigenvalue weighted by Gasteiger charge is -2.49. The number of nitrogens with two attached hydrogens (primary N) is 1. The van der Waals surface area contributed by atoms with Crippen molar-refractivity contribution in [2.75, 3.05) is 43.4 Å². The Kier molecular flexibility index (Phi) is 7.59. The average Bonchev–Trinajstić information content (AvgIpc) is 3.78. The minimum absolute atomic E-state index is 0.00409. The standard InChI is InChI=1S/C36H34ClF3N8OS/c37-26-10-24-31(30(40)29(26)23-4-5-27(39)32-28(23)25(13-42)33(43)50-32)44-35(49-17-36-6-1-7-47(36)14-19(38)11-36)45-34(24)46-15-20-2-3-21(16-46)48(20)22-8-18(9-22)12-41/h4-5,10,18-22H,1-3,6-9,11,14-17,43H2/t18?,19-,20?,21?,22?,36+/m1/s1. The van der Waals surface area contributed by atoms with Gasteiger partial charge in [-0.05, 0) is 62.8 Å². The molecule has 6 heterocycles. The van der Waals surface area contributed by atoms with Crippen LogP contribution in [0, 0.1) is 40.2 Å². The monoisotopic (exact) mass is 718 g/mol. The number of hydrogen-bond donors (Lipinski definition) is 1. The highest BCUT2D eigenvalue weighted by Gasteiger charge is 2.50. The highest BCUT2D eigenvalue weighted by atomic mass is 35.5. The number of nitrogens with zero attached hydrogens (tertiary/aromatic N) is 7. The Morgan fingerprint density at radius 1 is 1.10 bits per heavy atom. The van der Waals surface area contributed by atoms with Crippen molar-refractivity contribution in [1.82, 2.24) is 19.8 Å². The number of nitriles is 2. The maximum Gasteiger partial charge on any atom is 0.319 e. The number of thiophene rings is 1. The van der Waals surface area contributed by atoms with Crippen LogP contribution in [0.15, 0.2) is 18.2 Å². The van der Waals surface area contributed by atoms with E-state index < -0.39 is 23.3 Å². The number of benzene rings is 2. The number of fused-ring (bicyclic) bond motifs is 5. The molecule has 2 aromatic carbocycles. The van der Waals surface area contributed by atoms with Gasteiger partial charge in [-0.2, -0.15) is 20.5 Å². The van der Waals surface area contributed by atoms with Crippen molar-refractivity contribution in [3.63, 3.8) is 0 Å². The number of halogens is 4. The number of ether oxygens (including phenoxy) is 1. The minimum atomic E-state index is -0.933. The van der Waals surface area contributed by atoms with Gasteiger partial charge in [0, 0.05) is 66.4 Å². The molecule has 0 spiro atoms. The Labute approximate surface area is 296 Å². The zero-order chi connectivity index (χ0) is 34.5. The number of aromatic nitrogens is 2. The first-order valence-electron chi connectivity index (χ1n) is 17.2. The molecule has 4 aliphatic heterocycles. The fourth-order valence-electron chi connectivity index (χ4n) is 9.51. The van der Waals surface area contributed by atoms with E-state index in [-0.39, 0.29) is 72.9 Å². The number of anilines is 2. The van der Waals surface area contributed by atoms with Crippen LogP contribution < -0.4 is 15.4 Å². The third-order valence-corrected chi connectivity index (χ3v) is 13.2. The highest BCUT2D eigenvalue weighted by molar-refractivity contribution is 7.23. The highest BCUT2D eigenvalue weighted by Crippen LogP contribution is 2.47. The molecule has 50 heavy (non-hydrogen) atoms. The average molecular weight is 719 g/mol. The third-order valence-electron chi connectivity index (χ3n) is 11.8. The van der Waals surface area contributed by atoms with E-state index in [4.69, 9.17) is 27.1 Å². The van der Waals surface area contributed by atoms with E-state index >= 15 is 4.39 Å². The molecule has 0 radical (unpaired) electrons. The number of alkyl halides is 1. The molecular weight excluding hydrogens is 685 g/mol. The summed E-state index contributed by atoms with van der Waals surface area (Å²) in [4.78, 5) is 16.4. The number of piperazine rings is 1. The second-order valence-corrected chi connectivity index (χ2v) is 16.0. The SMILES string of the molecule is N#Cc1c(N)sc2c(F)ccc(-c3c(Cl)cc4c(N5CC6CCC(C5)N6C5CC(C#N)C5)nc(OC[C@@]56CCCN5C[C@H](F)C6)nc4c3F)c12. The van der Waals surface area contributed by atoms with Crippen LogP contribution in [0.2, 0.25) is 5.02 Å². The lowest BCUT2D eigenvalue weighted by atomic mass is 9.79. The Bertz CT molecular complexity index is 2130. The normalized spacial score (nSPS) is 29.3. The maximum atomic E-state index is 17.1. The summed E-state index contributed by atoms with van der Waals surface area (Å²) in [5.74, 6) is -0.690. The first kappa shape index (κ1) is 32.1. The molecule has 2 aromatic heterocycles. The fourth-order valence-corrected chi connectivity index (χ4v) is 10.8. The van der Waals surface area contributed by atoms with Gasteiger partial charge in [0.1, 0.15) is 41.0 Å². The lowest BCUT2D eigenvalue weighted by Crippen LogP contribution is -2.60. The maximum absolute atomic E-state index is 17.1. The molecule has 258 valence electrons. The van der Waals surface area contributed by atoms with E-state index in [1.165, 1.54) is 12.1 Å². The zero-order valence-electron chi connectivity index (χ0n) is 27.1. The van der Waals surface area contributed by atoms with Gasteiger partial charge in [0.2, 0.25) is 0 Å². The van der Waals surface area contributed by atoms with Crippen LogP contribution >= 0.6 is 22.9 Å². The second-order valence-electron chi connectivity index (χ2n) is 14.6. The first-order valence-corrected chi connectivity index (χ1v) is 18.4. The van der Waals surface area contributed by atoms with Crippen LogP contribution in [0.5, 0.6) is 6.01 Å². The van der Waals surface area contributed by atoms with Crippen molar-refractivity contribution in [3.8, 4) is 29.3 Å². The Morgan fingerprint density at radius 3 is 2.62 bits per heavy atom. The van der Waals surface area contributed by atoms with Crippen molar-refractivity contribution in [2.45, 2.75) is 74.8 Å². The largest absolute Gasteiger partial charge is 0.461 e. The summed E-state index contributed by atoms with van der Waals surface area (Å²) in [7, 11) is 0. The van der Waals surface area contributed by atoms with Crippen molar-refractivity contribution in [3.05, 3.63) is 40.4 Å². The van der Waals surface area contributed by atoms with Gasteiger partial charge in [0.25, 0.3) is 0 Å². The molecule has 5 fully saturated rings. The van der Waals surface area contributed by atoms with Crippen molar-refractivity contribution in [1.29, 1.82) is 10.5 Å². The van der Waals surface area contributed by atoms with E-state index in [9.17, 15) is 19.3 Å². The lowest BCUT2D eigenvalue weighted by molar-refractivity contribution is 0.0437. The second kappa shape index (κ2) is 11.8. The van der Waals surface area contributed by atoms with Gasteiger partial charge in [0.05, 0.1) is 26.9 Å². The molecule has 4 saturated heterocycles. The molecule has 1 saturated carbocycles. The fraction of sp³-hybridized carbons (Fsp3) is 0.500. The van der Waals surface area contributed by atoms with E-state index in [0.717, 1.165) is 56.4 Å². The Morgan fingerprint density at radius 2 is 1.88 bits per heavy atom. The smallest absolute Gasteiger partial charge is 0.319 e. The Balaban J connectivity index is 1.15. The quantitative estimate of drug-likeness (QED) is 0.230. The molecule has 4 atom stereocenters. The summed E-state index contributed by atoms with van der Waals surface area (Å²) in [6.45, 7) is 2.68. The Hall–Kier alpha value is -3.88. The van der Waals surface area contributed by atoms with Crippen molar-refractivity contribution in [2.24, 2.45) is 5.92 Å². The van der Waals surface area contributed by atoms with Crippen LogP contribution in [0.25, 0.3) is 32.1 Å². The summed E-state index contributed by atoms with van der Waals surface area (Å²) in [5, 5.41) is 20.1. The van der Waals surface area contributed by atoms with Crippen molar-refractivity contribution < 1.29 is 17.9 Å². The molecule has 1 aliphatic carbocycles. The molecule has 2 N–H and O–H groups in total. The van der Waals surface area contributed by atoms with Crippen LogP contribution in [0.1, 0.15) is 50.5 Å². The van der Waals surface area contributed by atoms with Gasteiger partial charge < -0.3 is 15.4 Å². The van der Waals surface area contributed by atoms with Crippen LogP contribution in [0.3, 0.4) is 0 Å². The minimum Gasteiger partial charge on any atom is -0.461 e. The number of hydrogen-bond acceptors (Lipinski definition) is 10. The molecule has 14 heteroatoms. The molecule has 4 aromatic rings. The van der Waals surface area contributed by atoms with E-state index in [1.54, 1.807) is 6.07 Å². The van der Waals surface area contributed by atoms with Gasteiger partial charge in [-0.3, -0.25) is 9.80 Å². The molecule has 2 unspecified atom stereocenters. The molecule has 9 nitrogen and oxygen atoms in total. The van der Waals surface area contributed by atoms with Crippen LogP contribution in [-0.2, 0) is 0 Å². The first-order chi connectivity index (χ1) is 24.2. The predicted octanol–water partition coefficient (Wildman–Crippen LogP) is 6.81. The van der Waals surface area contributed by atoms with E-state index in [2.05, 4.69) is 25.8 Å². The van der Waals surface area contributed by atoms with Gasteiger partial charge in [-0.1, -0.05) is 17.7 Å². The van der Waals surface area contributed by atoms with Crippen LogP contribution in [0.4, 0.5) is 24.0 Å². The van der Waals surface area contributed by atoms with Crippen molar-refractivity contribution >= 4 is 54.7 Å². The van der Waals surface area contributed by atoms with E-state index in [0.29, 0.717) is 43.3 Å². The van der Waals surface area contributed by atoms with E-state index in [1.807, 2.05) is 6.07 Å². The van der Waals surface area contributed by atoms with Gasteiger partial charge in [-0.25, -0.2) is 13.2 Å². The predicted molar refractivity (Wildman–Crippen MR) is 186 cm³/mol. The topological polar surface area (TPSA) is 118 Å². The zero-order valence-corrected chi connectivity index (χ0v) is 28.7. The summed E-state index contributed by atoms with van der Waals surface area (Å²) in [5.41, 5.74) is 5.91. The molecule has 2 bridgehead atoms. The summed E-state index contributed by atoms with van der Waals surface area (Å²) in [6.07, 6.45) is 5.00. The van der Waals surface area contributed by atoms with Gasteiger partial charge >= 0.3 is 6.01 Å². The van der Waals surface area contributed by atoms with Gasteiger partial charge in [0.15, 0.2) is 5.82 Å². The number of rotatable bonds is 6. The number of nitrogen functional groups attached to an aromatic ring is 1. The summed E-state index contributed by atoms with van der Waals surface area (Å²) < 4.78 is 53.1. The van der Waals surface area contributed by atoms with Gasteiger partial charge in [-0.15, -0.1) is 11.3 Å². The molecule has 0 amide bonds. The molecular formula is C36H34ClF3N8OS. The van der Waals surface area contributed by atoms with Crippen LogP contribution in [-0.4, -0.2) is 82.4 Å². The third kappa shape index (κ3) is 4.85.